The van der Waals surface area contributed by atoms with Crippen LogP contribution in [0.3, 0.4) is 0 Å². The summed E-state index contributed by atoms with van der Waals surface area (Å²) in [7, 11) is 0. The lowest BCUT2D eigenvalue weighted by Crippen LogP contribution is -2.01. The van der Waals surface area contributed by atoms with Crippen LogP contribution in [0, 0.1) is 0 Å². The molecule has 1 aliphatic rings. The lowest BCUT2D eigenvalue weighted by Gasteiger charge is -2.01. The Kier molecular flexibility index (Phi) is 2.54. The van der Waals surface area contributed by atoms with Crippen molar-refractivity contribution >= 4 is 11.5 Å². The van der Waals surface area contributed by atoms with Gasteiger partial charge in [0, 0.05) is 5.92 Å². The summed E-state index contributed by atoms with van der Waals surface area (Å²) in [6.07, 6.45) is 4.09. The first-order valence-corrected chi connectivity index (χ1v) is 6.32. The first-order chi connectivity index (χ1) is 8.70. The van der Waals surface area contributed by atoms with Crippen molar-refractivity contribution in [3.05, 3.63) is 29.3 Å². The zero-order valence-corrected chi connectivity index (χ0v) is 10.3. The highest BCUT2D eigenvalue weighted by molar-refractivity contribution is 5.93. The predicted octanol–water partition coefficient (Wildman–Crippen LogP) is 2.26. The third-order valence-corrected chi connectivity index (χ3v) is 3.23. The van der Waals surface area contributed by atoms with E-state index in [-0.39, 0.29) is 5.69 Å². The summed E-state index contributed by atoms with van der Waals surface area (Å²) in [5.74, 6) is 0.208. The Hall–Kier alpha value is -1.91. The number of carboxylic acid groups (broad SMARTS) is 1. The average Bonchev–Trinajstić information content (AvgIpc) is 3.11. The van der Waals surface area contributed by atoms with Gasteiger partial charge in [-0.15, -0.1) is 0 Å². The van der Waals surface area contributed by atoms with Gasteiger partial charge in [0.15, 0.2) is 5.69 Å². The molecule has 5 nitrogen and oxygen atoms in total. The predicted molar refractivity (Wildman–Crippen MR) is 65.9 cm³/mol. The summed E-state index contributed by atoms with van der Waals surface area (Å²) in [5, 5.41) is 13.7. The third-order valence-electron chi connectivity index (χ3n) is 3.23. The molecule has 0 radical (unpaired) electrons. The largest absolute Gasteiger partial charge is 0.476 e. The van der Waals surface area contributed by atoms with Crippen LogP contribution in [0.25, 0.3) is 5.52 Å². The molecule has 0 unspecified atom stereocenters. The number of carboxylic acids is 1. The molecule has 0 amide bonds. The summed E-state index contributed by atoms with van der Waals surface area (Å²) >= 11 is 0. The van der Waals surface area contributed by atoms with Gasteiger partial charge in [-0.05, 0) is 31.4 Å². The second-order valence-electron chi connectivity index (χ2n) is 4.77. The molecule has 2 aromatic heterocycles. The fraction of sp³-hybridized carbons (Fsp3) is 0.462. The first kappa shape index (κ1) is 11.2. The van der Waals surface area contributed by atoms with Crippen LogP contribution in [0.15, 0.2) is 12.1 Å². The van der Waals surface area contributed by atoms with Crippen molar-refractivity contribution in [3.8, 4) is 0 Å². The minimum atomic E-state index is -0.982. The van der Waals surface area contributed by atoms with Crippen LogP contribution in [0.2, 0.25) is 0 Å². The van der Waals surface area contributed by atoms with Gasteiger partial charge < -0.3 is 5.11 Å². The van der Waals surface area contributed by atoms with Crippen molar-refractivity contribution in [1.29, 1.82) is 0 Å². The third kappa shape index (κ3) is 1.75. The molecule has 2 heterocycles. The monoisotopic (exact) mass is 245 g/mol. The number of hydrogen-bond donors (Lipinski definition) is 1. The van der Waals surface area contributed by atoms with Crippen LogP contribution < -0.4 is 0 Å². The molecule has 18 heavy (non-hydrogen) atoms. The Morgan fingerprint density at radius 2 is 2.28 bits per heavy atom. The van der Waals surface area contributed by atoms with E-state index in [2.05, 4.69) is 17.0 Å². The van der Waals surface area contributed by atoms with Gasteiger partial charge in [-0.1, -0.05) is 13.3 Å². The normalized spacial score (nSPS) is 15.2. The van der Waals surface area contributed by atoms with Gasteiger partial charge in [-0.3, -0.25) is 0 Å². The number of imidazole rings is 1. The number of nitrogens with zero attached hydrogens (tertiary/aromatic N) is 3. The molecule has 1 saturated carbocycles. The highest BCUT2D eigenvalue weighted by atomic mass is 16.4. The molecular formula is C13H15N3O2. The van der Waals surface area contributed by atoms with E-state index in [0.29, 0.717) is 11.4 Å². The highest BCUT2D eigenvalue weighted by Gasteiger charge is 2.31. The number of aryl methyl sites for hydroxylation is 1. The van der Waals surface area contributed by atoms with Crippen molar-refractivity contribution in [2.24, 2.45) is 0 Å². The lowest BCUT2D eigenvalue weighted by atomic mass is 10.2. The highest BCUT2D eigenvalue weighted by Crippen LogP contribution is 2.39. The SMILES string of the molecule is CCCc1ccc2c(C(=O)O)nc(C3CC3)n2n1. The van der Waals surface area contributed by atoms with Crippen molar-refractivity contribution < 1.29 is 9.90 Å². The van der Waals surface area contributed by atoms with E-state index in [1.807, 2.05) is 12.1 Å². The number of rotatable bonds is 4. The summed E-state index contributed by atoms with van der Waals surface area (Å²) < 4.78 is 1.73. The maximum absolute atomic E-state index is 11.2. The molecular weight excluding hydrogens is 230 g/mol. The Balaban J connectivity index is 2.19. The van der Waals surface area contributed by atoms with Crippen LogP contribution in [0.5, 0.6) is 0 Å². The van der Waals surface area contributed by atoms with Gasteiger partial charge in [0.25, 0.3) is 0 Å². The molecule has 0 aliphatic heterocycles. The smallest absolute Gasteiger partial charge is 0.356 e. The molecule has 0 aromatic carbocycles. The Morgan fingerprint density at radius 1 is 1.50 bits per heavy atom. The van der Waals surface area contributed by atoms with Crippen LogP contribution in [0.1, 0.15) is 54.1 Å². The van der Waals surface area contributed by atoms with E-state index in [0.717, 1.165) is 37.2 Å². The Bertz CT molecular complexity index is 614. The van der Waals surface area contributed by atoms with E-state index in [9.17, 15) is 4.79 Å². The van der Waals surface area contributed by atoms with Crippen LogP contribution in [-0.2, 0) is 6.42 Å². The molecule has 0 atom stereocenters. The number of aromatic carboxylic acids is 1. The fourth-order valence-electron chi connectivity index (χ4n) is 2.19. The standard InChI is InChI=1S/C13H15N3O2/c1-2-3-9-6-7-10-11(13(17)18)14-12(8-4-5-8)16(10)15-9/h6-8H,2-5H2,1H3,(H,17,18). The number of hydrogen-bond acceptors (Lipinski definition) is 3. The maximum atomic E-state index is 11.2. The van der Waals surface area contributed by atoms with E-state index in [1.54, 1.807) is 4.52 Å². The second kappa shape index (κ2) is 4.08. The van der Waals surface area contributed by atoms with Crippen LogP contribution >= 0.6 is 0 Å². The van der Waals surface area contributed by atoms with Crippen LogP contribution in [0.4, 0.5) is 0 Å². The first-order valence-electron chi connectivity index (χ1n) is 6.32. The number of aromatic nitrogens is 3. The van der Waals surface area contributed by atoms with Crippen molar-refractivity contribution in [3.63, 3.8) is 0 Å². The minimum absolute atomic E-state index is 0.118. The van der Waals surface area contributed by atoms with Crippen molar-refractivity contribution in [2.75, 3.05) is 0 Å². The fourth-order valence-corrected chi connectivity index (χ4v) is 2.19. The van der Waals surface area contributed by atoms with Gasteiger partial charge in [0.1, 0.15) is 5.82 Å². The number of fused-ring (bicyclic) bond motifs is 1. The van der Waals surface area contributed by atoms with E-state index >= 15 is 0 Å². The second-order valence-corrected chi connectivity index (χ2v) is 4.77. The van der Waals surface area contributed by atoms with Gasteiger partial charge >= 0.3 is 5.97 Å². The summed E-state index contributed by atoms with van der Waals surface area (Å²) in [5.41, 5.74) is 1.71. The molecule has 1 fully saturated rings. The molecule has 3 rings (SSSR count). The van der Waals surface area contributed by atoms with E-state index in [4.69, 9.17) is 5.11 Å². The van der Waals surface area contributed by atoms with Gasteiger partial charge in [-0.2, -0.15) is 5.10 Å². The van der Waals surface area contributed by atoms with E-state index < -0.39 is 5.97 Å². The average molecular weight is 245 g/mol. The molecule has 94 valence electrons. The summed E-state index contributed by atoms with van der Waals surface area (Å²) in [4.78, 5) is 15.4. The van der Waals surface area contributed by atoms with E-state index in [1.165, 1.54) is 0 Å². The molecule has 1 aliphatic carbocycles. The van der Waals surface area contributed by atoms with Crippen molar-refractivity contribution in [1.82, 2.24) is 14.6 Å². The molecule has 1 N–H and O–H groups in total. The van der Waals surface area contributed by atoms with Gasteiger partial charge in [0.2, 0.25) is 0 Å². The zero-order chi connectivity index (χ0) is 12.7. The summed E-state index contributed by atoms with van der Waals surface area (Å²) in [6.45, 7) is 2.10. The zero-order valence-electron chi connectivity index (χ0n) is 10.3. The van der Waals surface area contributed by atoms with Gasteiger partial charge in [-0.25, -0.2) is 14.3 Å². The Labute approximate surface area is 104 Å². The minimum Gasteiger partial charge on any atom is -0.476 e. The molecule has 0 saturated heterocycles. The quantitative estimate of drug-likeness (QED) is 0.897. The summed E-state index contributed by atoms with van der Waals surface area (Å²) in [6, 6.07) is 3.71. The Morgan fingerprint density at radius 3 is 2.89 bits per heavy atom. The lowest BCUT2D eigenvalue weighted by molar-refractivity contribution is 0.0693. The molecule has 0 bridgehead atoms. The number of carbonyl (C=O) groups is 1. The molecule has 2 aromatic rings. The van der Waals surface area contributed by atoms with Crippen LogP contribution in [-0.4, -0.2) is 25.7 Å². The molecule has 5 heteroatoms. The van der Waals surface area contributed by atoms with Gasteiger partial charge in [0.05, 0.1) is 11.2 Å². The maximum Gasteiger partial charge on any atom is 0.356 e. The topological polar surface area (TPSA) is 67.5 Å². The van der Waals surface area contributed by atoms with Crippen molar-refractivity contribution in [2.45, 2.75) is 38.5 Å². The molecule has 0 spiro atoms.